The zero-order valence-corrected chi connectivity index (χ0v) is 16.9. The van der Waals surface area contributed by atoms with Gasteiger partial charge in [0.05, 0.1) is 17.7 Å². The molecule has 7 nitrogen and oxygen atoms in total. The molecule has 4 heterocycles. The van der Waals surface area contributed by atoms with E-state index in [1.807, 2.05) is 32.2 Å². The zero-order chi connectivity index (χ0) is 19.5. The number of ether oxygens (including phenoxy) is 1. The molecule has 28 heavy (non-hydrogen) atoms. The van der Waals surface area contributed by atoms with Gasteiger partial charge in [0.1, 0.15) is 21.9 Å². The molecule has 0 radical (unpaired) electrons. The molecule has 4 rings (SSSR count). The Kier molecular flexibility index (Phi) is 5.50. The number of esters is 1. The number of nitrogens with zero attached hydrogens (tertiary/aromatic N) is 5. The Labute approximate surface area is 168 Å². The second kappa shape index (κ2) is 8.20. The van der Waals surface area contributed by atoms with Crippen LogP contribution in [0.3, 0.4) is 0 Å². The van der Waals surface area contributed by atoms with Gasteiger partial charge in [-0.05, 0) is 31.5 Å². The monoisotopic (exact) mass is 397 g/mol. The van der Waals surface area contributed by atoms with Crippen LogP contribution in [0, 0.1) is 6.92 Å². The summed E-state index contributed by atoms with van der Waals surface area (Å²) in [6.07, 6.45) is 3.42. The van der Waals surface area contributed by atoms with Crippen LogP contribution in [0.2, 0.25) is 0 Å². The van der Waals surface area contributed by atoms with E-state index in [2.05, 4.69) is 30.8 Å². The molecule has 0 aromatic carbocycles. The molecule has 3 aromatic rings. The minimum Gasteiger partial charge on any atom is -0.462 e. The summed E-state index contributed by atoms with van der Waals surface area (Å²) in [6.45, 7) is 8.63. The topological polar surface area (TPSA) is 71.5 Å². The number of carbonyl (C=O) groups excluding carboxylic acids is 1. The molecule has 0 spiro atoms. The highest BCUT2D eigenvalue weighted by atomic mass is 32.1. The third kappa shape index (κ3) is 3.70. The number of thiophene rings is 1. The predicted molar refractivity (Wildman–Crippen MR) is 110 cm³/mol. The first-order chi connectivity index (χ1) is 13.7. The van der Waals surface area contributed by atoms with Crippen LogP contribution in [0.15, 0.2) is 30.7 Å². The molecule has 0 unspecified atom stereocenters. The summed E-state index contributed by atoms with van der Waals surface area (Å²) in [5, 5.41) is 0.966. The summed E-state index contributed by atoms with van der Waals surface area (Å²) in [4.78, 5) is 31.8. The summed E-state index contributed by atoms with van der Waals surface area (Å²) in [5.41, 5.74) is 2.00. The van der Waals surface area contributed by atoms with Crippen molar-refractivity contribution in [1.29, 1.82) is 0 Å². The van der Waals surface area contributed by atoms with E-state index in [1.54, 1.807) is 6.33 Å². The van der Waals surface area contributed by atoms with Gasteiger partial charge in [-0.25, -0.2) is 14.8 Å². The molecule has 1 aliphatic heterocycles. The first-order valence-corrected chi connectivity index (χ1v) is 10.3. The van der Waals surface area contributed by atoms with Crippen molar-refractivity contribution < 1.29 is 9.53 Å². The van der Waals surface area contributed by atoms with Crippen LogP contribution in [0.5, 0.6) is 0 Å². The Balaban J connectivity index is 1.53. The van der Waals surface area contributed by atoms with Crippen molar-refractivity contribution in [3.63, 3.8) is 0 Å². The van der Waals surface area contributed by atoms with Gasteiger partial charge in [0.15, 0.2) is 0 Å². The molecule has 0 saturated carbocycles. The van der Waals surface area contributed by atoms with Gasteiger partial charge >= 0.3 is 5.97 Å². The minimum atomic E-state index is -0.283. The summed E-state index contributed by atoms with van der Waals surface area (Å²) < 4.78 is 5.19. The average molecular weight is 398 g/mol. The lowest BCUT2D eigenvalue weighted by Gasteiger charge is -2.35. The molecule has 0 aliphatic carbocycles. The van der Waals surface area contributed by atoms with Gasteiger partial charge in [0, 0.05) is 38.9 Å². The van der Waals surface area contributed by atoms with Crippen molar-refractivity contribution in [3.05, 3.63) is 46.9 Å². The highest BCUT2D eigenvalue weighted by Crippen LogP contribution is 2.35. The first kappa shape index (κ1) is 18.8. The third-order valence-electron chi connectivity index (χ3n) is 4.95. The van der Waals surface area contributed by atoms with E-state index in [0.717, 1.165) is 60.0 Å². The molecule has 0 atom stereocenters. The maximum atomic E-state index is 12.3. The Bertz CT molecular complexity index is 967. The van der Waals surface area contributed by atoms with Crippen LogP contribution in [-0.4, -0.2) is 58.6 Å². The van der Waals surface area contributed by atoms with Gasteiger partial charge in [-0.3, -0.25) is 9.88 Å². The molecule has 3 aromatic heterocycles. The maximum Gasteiger partial charge on any atom is 0.348 e. The second-order valence-electron chi connectivity index (χ2n) is 6.74. The van der Waals surface area contributed by atoms with Crippen LogP contribution in [0.1, 0.15) is 27.9 Å². The van der Waals surface area contributed by atoms with E-state index >= 15 is 0 Å². The number of aryl methyl sites for hydroxylation is 1. The Hall–Kier alpha value is -2.58. The fourth-order valence-corrected chi connectivity index (χ4v) is 4.56. The summed E-state index contributed by atoms with van der Waals surface area (Å²) in [7, 11) is 0. The van der Waals surface area contributed by atoms with Gasteiger partial charge in [-0.2, -0.15) is 0 Å². The van der Waals surface area contributed by atoms with Crippen LogP contribution >= 0.6 is 11.3 Å². The molecular formula is C20H23N5O2S. The van der Waals surface area contributed by atoms with Crippen molar-refractivity contribution in [2.75, 3.05) is 37.7 Å². The van der Waals surface area contributed by atoms with Gasteiger partial charge in [-0.15, -0.1) is 11.3 Å². The highest BCUT2D eigenvalue weighted by Gasteiger charge is 2.25. The standard InChI is InChI=1S/C20H23N5O2S/c1-3-27-20(26)17-14(2)16-18(22-13-23-19(16)28-17)25-10-8-24(9-11-25)12-15-6-4-5-7-21-15/h4-7,13H,3,8-12H2,1-2H3. The molecule has 146 valence electrons. The minimum absolute atomic E-state index is 0.283. The number of hydrogen-bond acceptors (Lipinski definition) is 8. The summed E-state index contributed by atoms with van der Waals surface area (Å²) in [6, 6.07) is 6.03. The molecule has 0 bridgehead atoms. The first-order valence-electron chi connectivity index (χ1n) is 9.45. The van der Waals surface area contributed by atoms with E-state index in [-0.39, 0.29) is 5.97 Å². The van der Waals surface area contributed by atoms with Crippen molar-refractivity contribution in [2.24, 2.45) is 0 Å². The van der Waals surface area contributed by atoms with E-state index in [4.69, 9.17) is 4.74 Å². The molecule has 1 fully saturated rings. The Morgan fingerprint density at radius 2 is 2.00 bits per heavy atom. The molecule has 1 saturated heterocycles. The zero-order valence-electron chi connectivity index (χ0n) is 16.1. The van der Waals surface area contributed by atoms with E-state index in [0.29, 0.717) is 11.5 Å². The number of carbonyl (C=O) groups is 1. The van der Waals surface area contributed by atoms with Gasteiger partial charge in [0.25, 0.3) is 0 Å². The maximum absolute atomic E-state index is 12.3. The number of aromatic nitrogens is 3. The van der Waals surface area contributed by atoms with Crippen LogP contribution in [0.4, 0.5) is 5.82 Å². The lowest BCUT2D eigenvalue weighted by atomic mass is 10.2. The molecule has 0 N–H and O–H groups in total. The Morgan fingerprint density at radius 3 is 2.71 bits per heavy atom. The molecule has 0 amide bonds. The number of anilines is 1. The van der Waals surface area contributed by atoms with Crippen LogP contribution < -0.4 is 4.90 Å². The van der Waals surface area contributed by atoms with Crippen molar-refractivity contribution in [1.82, 2.24) is 19.9 Å². The largest absolute Gasteiger partial charge is 0.462 e. The Morgan fingerprint density at radius 1 is 1.18 bits per heavy atom. The number of pyridine rings is 1. The van der Waals surface area contributed by atoms with Gasteiger partial charge in [-0.1, -0.05) is 6.07 Å². The lowest BCUT2D eigenvalue weighted by molar-refractivity contribution is 0.0531. The van der Waals surface area contributed by atoms with Crippen molar-refractivity contribution >= 4 is 33.3 Å². The average Bonchev–Trinajstić information content (AvgIpc) is 3.07. The van der Waals surface area contributed by atoms with E-state index in [9.17, 15) is 4.79 Å². The van der Waals surface area contributed by atoms with Gasteiger partial charge in [0.2, 0.25) is 0 Å². The number of rotatable bonds is 5. The molecule has 1 aliphatic rings. The normalized spacial score (nSPS) is 15.1. The third-order valence-corrected chi connectivity index (χ3v) is 6.13. The highest BCUT2D eigenvalue weighted by molar-refractivity contribution is 7.20. The number of hydrogen-bond donors (Lipinski definition) is 0. The van der Waals surface area contributed by atoms with Crippen molar-refractivity contribution in [3.8, 4) is 0 Å². The van der Waals surface area contributed by atoms with E-state index in [1.165, 1.54) is 11.3 Å². The second-order valence-corrected chi connectivity index (χ2v) is 7.74. The van der Waals surface area contributed by atoms with Crippen molar-refractivity contribution in [2.45, 2.75) is 20.4 Å². The molecule has 8 heteroatoms. The van der Waals surface area contributed by atoms with Gasteiger partial charge < -0.3 is 9.64 Å². The summed E-state index contributed by atoms with van der Waals surface area (Å²) in [5.74, 6) is 0.626. The lowest BCUT2D eigenvalue weighted by Crippen LogP contribution is -2.46. The SMILES string of the molecule is CCOC(=O)c1sc2ncnc(N3CCN(Cc4ccccn4)CC3)c2c1C. The fourth-order valence-electron chi connectivity index (χ4n) is 3.52. The van der Waals surface area contributed by atoms with Crippen LogP contribution in [0.25, 0.3) is 10.2 Å². The predicted octanol–water partition coefficient (Wildman–Crippen LogP) is 2.89. The fraction of sp³-hybridized carbons (Fsp3) is 0.400. The number of fused-ring (bicyclic) bond motifs is 1. The molecular weight excluding hydrogens is 374 g/mol. The van der Waals surface area contributed by atoms with E-state index < -0.39 is 0 Å². The van der Waals surface area contributed by atoms with Crippen LogP contribution in [-0.2, 0) is 11.3 Å². The smallest absolute Gasteiger partial charge is 0.348 e. The number of piperazine rings is 1. The summed E-state index contributed by atoms with van der Waals surface area (Å²) >= 11 is 1.38. The quantitative estimate of drug-likeness (QED) is 0.613.